The van der Waals surface area contributed by atoms with Crippen LogP contribution in [0.4, 0.5) is 5.82 Å². The first kappa shape index (κ1) is 23.7. The van der Waals surface area contributed by atoms with Gasteiger partial charge in [0.1, 0.15) is 11.2 Å². The molecule has 9 nitrogen and oxygen atoms in total. The Kier molecular flexibility index (Phi) is 7.22. The van der Waals surface area contributed by atoms with E-state index in [9.17, 15) is 4.79 Å². The second kappa shape index (κ2) is 10.7. The Balaban J connectivity index is 1.04. The van der Waals surface area contributed by atoms with Crippen molar-refractivity contribution in [3.05, 3.63) is 41.6 Å². The zero-order chi connectivity index (χ0) is 24.2. The number of anilines is 1. The summed E-state index contributed by atoms with van der Waals surface area (Å²) in [6.07, 6.45) is 12.7. The normalized spacial score (nSPS) is 15.3. The number of hydrogen-bond donors (Lipinski definition) is 1. The van der Waals surface area contributed by atoms with Crippen molar-refractivity contribution in [2.24, 2.45) is 7.05 Å². The van der Waals surface area contributed by atoms with Crippen LogP contribution in [-0.2, 0) is 24.7 Å². The highest BCUT2D eigenvalue weighted by Gasteiger charge is 2.28. The Bertz CT molecular complexity index is 1190. The lowest BCUT2D eigenvalue weighted by molar-refractivity contribution is -0.874. The monoisotopic (exact) mass is 478 g/mol. The van der Waals surface area contributed by atoms with Gasteiger partial charge in [-0.05, 0) is 85.8 Å². The highest BCUT2D eigenvalue weighted by atomic mass is 16.7. The summed E-state index contributed by atoms with van der Waals surface area (Å²) in [7, 11) is 1.85. The molecule has 1 N–H and O–H groups in total. The lowest BCUT2D eigenvalue weighted by Gasteiger charge is -2.21. The predicted octanol–water partition coefficient (Wildman–Crippen LogP) is 2.54. The topological polar surface area (TPSA) is 89.1 Å². The van der Waals surface area contributed by atoms with Gasteiger partial charge in [-0.3, -0.25) is 4.84 Å². The fraction of sp³-hybridized carbons (Fsp3) is 0.577. The van der Waals surface area contributed by atoms with E-state index in [2.05, 4.69) is 32.4 Å². The van der Waals surface area contributed by atoms with Crippen molar-refractivity contribution in [3.63, 3.8) is 0 Å². The minimum Gasteiger partial charge on any atom is -0.370 e. The second-order valence-electron chi connectivity index (χ2n) is 9.79. The van der Waals surface area contributed by atoms with E-state index in [1.54, 1.807) is 17.2 Å². The Morgan fingerprint density at radius 1 is 1.26 bits per heavy atom. The first-order chi connectivity index (χ1) is 17.1. The van der Waals surface area contributed by atoms with Crippen LogP contribution >= 0.6 is 0 Å². The maximum Gasteiger partial charge on any atom is 0.358 e. The Morgan fingerprint density at radius 3 is 2.97 bits per heavy atom. The van der Waals surface area contributed by atoms with Gasteiger partial charge in [-0.1, -0.05) is 6.07 Å². The molecule has 0 amide bonds. The maximum absolute atomic E-state index is 12.5. The third kappa shape index (κ3) is 5.78. The smallest absolute Gasteiger partial charge is 0.358 e. The lowest BCUT2D eigenvalue weighted by atomic mass is 10.1. The molecule has 4 heterocycles. The Labute approximate surface area is 206 Å². The van der Waals surface area contributed by atoms with Crippen molar-refractivity contribution in [1.82, 2.24) is 24.6 Å². The van der Waals surface area contributed by atoms with Gasteiger partial charge in [-0.25, -0.2) is 14.5 Å². The van der Waals surface area contributed by atoms with Crippen molar-refractivity contribution in [2.75, 3.05) is 25.0 Å². The molecule has 1 fully saturated rings. The van der Waals surface area contributed by atoms with E-state index in [1.165, 1.54) is 35.3 Å². The molecule has 0 unspecified atom stereocenters. The van der Waals surface area contributed by atoms with E-state index >= 15 is 0 Å². The molecular weight excluding hydrogens is 442 g/mol. The highest BCUT2D eigenvalue weighted by Crippen LogP contribution is 2.27. The summed E-state index contributed by atoms with van der Waals surface area (Å²) in [6, 6.07) is 5.12. The number of carbonyl (C=O) groups excluding carboxylic acids is 1. The molecule has 0 bridgehead atoms. The molecule has 0 spiro atoms. The summed E-state index contributed by atoms with van der Waals surface area (Å²) in [5.74, 6) is 0.857. The van der Waals surface area contributed by atoms with E-state index in [1.807, 2.05) is 14.0 Å². The van der Waals surface area contributed by atoms with Crippen molar-refractivity contribution >= 4 is 22.8 Å². The molecule has 3 aromatic heterocycles. The highest BCUT2D eigenvalue weighted by molar-refractivity contribution is 5.75. The molecule has 0 atom stereocenters. The van der Waals surface area contributed by atoms with Crippen molar-refractivity contribution < 1.29 is 14.4 Å². The maximum atomic E-state index is 12.5. The first-order valence-corrected chi connectivity index (χ1v) is 13.0. The largest absolute Gasteiger partial charge is 0.370 e. The van der Waals surface area contributed by atoms with Gasteiger partial charge < -0.3 is 10.2 Å². The number of nitrogens with zero attached hydrogens (tertiary/aromatic N) is 6. The van der Waals surface area contributed by atoms with Gasteiger partial charge in [0, 0.05) is 32.3 Å². The van der Waals surface area contributed by atoms with Crippen molar-refractivity contribution in [1.29, 1.82) is 0 Å². The molecule has 9 heteroatoms. The molecule has 1 saturated carbocycles. The molecule has 0 saturated heterocycles. The fourth-order valence-electron chi connectivity index (χ4n) is 4.87. The summed E-state index contributed by atoms with van der Waals surface area (Å²) in [5, 5.41) is 8.53. The molecule has 1 aliphatic heterocycles. The second-order valence-corrected chi connectivity index (χ2v) is 9.79. The van der Waals surface area contributed by atoms with Crippen LogP contribution in [-0.4, -0.2) is 56.3 Å². The summed E-state index contributed by atoms with van der Waals surface area (Å²) in [5.41, 5.74) is 4.13. The third-order valence-electron chi connectivity index (χ3n) is 7.08. The summed E-state index contributed by atoms with van der Waals surface area (Å²) >= 11 is 0. The Morgan fingerprint density at radius 2 is 2.11 bits per heavy atom. The number of pyridine rings is 1. The van der Waals surface area contributed by atoms with Gasteiger partial charge in [0.05, 0.1) is 12.6 Å². The van der Waals surface area contributed by atoms with E-state index in [-0.39, 0.29) is 5.97 Å². The van der Waals surface area contributed by atoms with E-state index in [4.69, 9.17) is 9.82 Å². The van der Waals surface area contributed by atoms with Gasteiger partial charge in [0.2, 0.25) is 0 Å². The molecule has 3 aromatic rings. The standard InChI is InChI=1S/C26H36N7O2/c1-19-23-17-29-31(2)26(23)28-18-33(19)35-24(34)9-6-16-32(22-12-13-22)15-4-3-8-21-11-10-20-7-5-14-27-25(20)30-21/h10-11,17-18,22H,3-9,12-16H2,1-2H3,(H,27,30)/q+1. The van der Waals surface area contributed by atoms with E-state index in [0.717, 1.165) is 74.3 Å². The van der Waals surface area contributed by atoms with Gasteiger partial charge >= 0.3 is 12.3 Å². The average molecular weight is 479 g/mol. The third-order valence-corrected chi connectivity index (χ3v) is 7.08. The van der Waals surface area contributed by atoms with Gasteiger partial charge in [0.25, 0.3) is 5.65 Å². The van der Waals surface area contributed by atoms with Gasteiger partial charge in [-0.15, -0.1) is 0 Å². The fourth-order valence-corrected chi connectivity index (χ4v) is 4.87. The van der Waals surface area contributed by atoms with Crippen LogP contribution < -0.4 is 14.9 Å². The molecule has 186 valence electrons. The molecular formula is C26H36N7O2+. The quantitative estimate of drug-likeness (QED) is 0.335. The summed E-state index contributed by atoms with van der Waals surface area (Å²) in [6.45, 7) is 4.95. The van der Waals surface area contributed by atoms with E-state index < -0.39 is 0 Å². The van der Waals surface area contributed by atoms with Crippen molar-refractivity contribution in [2.45, 2.75) is 70.8 Å². The van der Waals surface area contributed by atoms with Crippen LogP contribution in [0.5, 0.6) is 0 Å². The van der Waals surface area contributed by atoms with Gasteiger partial charge in [0.15, 0.2) is 5.69 Å². The molecule has 1 aliphatic carbocycles. The zero-order valence-corrected chi connectivity index (χ0v) is 20.9. The van der Waals surface area contributed by atoms with Crippen LogP contribution in [0.1, 0.15) is 61.9 Å². The van der Waals surface area contributed by atoms with Crippen LogP contribution in [0.15, 0.2) is 24.7 Å². The number of rotatable bonds is 11. The molecule has 2 aliphatic rings. The molecule has 5 rings (SSSR count). The number of aryl methyl sites for hydroxylation is 4. The van der Waals surface area contributed by atoms with E-state index in [0.29, 0.717) is 12.5 Å². The summed E-state index contributed by atoms with van der Waals surface area (Å²) < 4.78 is 3.16. The molecule has 0 aromatic carbocycles. The van der Waals surface area contributed by atoms with Gasteiger partial charge in [-0.2, -0.15) is 5.10 Å². The van der Waals surface area contributed by atoms with Crippen LogP contribution in [0, 0.1) is 6.92 Å². The first-order valence-electron chi connectivity index (χ1n) is 13.0. The minimum absolute atomic E-state index is 0.231. The molecule has 0 radical (unpaired) electrons. The number of aromatic nitrogens is 5. The number of unbranched alkanes of at least 4 members (excludes halogenated alkanes) is 1. The Hall–Kier alpha value is -3.07. The predicted molar refractivity (Wildman–Crippen MR) is 133 cm³/mol. The number of hydrogen-bond acceptors (Lipinski definition) is 7. The van der Waals surface area contributed by atoms with Crippen molar-refractivity contribution in [3.8, 4) is 0 Å². The number of nitrogens with one attached hydrogen (secondary N) is 1. The van der Waals surface area contributed by atoms with Crippen LogP contribution in [0.2, 0.25) is 0 Å². The summed E-state index contributed by atoms with van der Waals surface area (Å²) in [4.78, 5) is 29.7. The minimum atomic E-state index is -0.231. The lowest BCUT2D eigenvalue weighted by Crippen LogP contribution is -2.48. The number of fused-ring (bicyclic) bond motifs is 2. The molecule has 35 heavy (non-hydrogen) atoms. The zero-order valence-electron chi connectivity index (χ0n) is 20.9. The average Bonchev–Trinajstić information content (AvgIpc) is 3.64. The van der Waals surface area contributed by atoms with Crippen LogP contribution in [0.25, 0.3) is 11.0 Å². The van der Waals surface area contributed by atoms with Crippen LogP contribution in [0.3, 0.4) is 0 Å². The number of carbonyl (C=O) groups is 1. The SMILES string of the molecule is Cc1c2cnn(C)c2nc[n+]1OC(=O)CCCN(CCCCc1ccc2c(n1)NCCC2)C1CC1.